The summed E-state index contributed by atoms with van der Waals surface area (Å²) in [4.78, 5) is 40.7. The standard InChI is InChI=1S/C22H26N4O4/c1-23(2)12-5-13-30-17-7-4-6-16(14-17)25-20-18(10-11-19(27)24(20)3)21(28)26(22(25)29)15-8-9-15/h4,6-7,10-11,14-15H,5,8-9,12-13H2,1-3H3. The van der Waals surface area contributed by atoms with Crippen LogP contribution in [-0.2, 0) is 7.05 Å². The van der Waals surface area contributed by atoms with E-state index < -0.39 is 5.69 Å². The number of aryl methyl sites for hydroxylation is 1. The van der Waals surface area contributed by atoms with Gasteiger partial charge in [0.15, 0.2) is 0 Å². The van der Waals surface area contributed by atoms with Crippen LogP contribution in [0.4, 0.5) is 0 Å². The Balaban J connectivity index is 1.86. The summed E-state index contributed by atoms with van der Waals surface area (Å²) in [5.41, 5.74) is -0.207. The number of fused-ring (bicyclic) bond motifs is 1. The largest absolute Gasteiger partial charge is 0.493 e. The Morgan fingerprint density at radius 2 is 1.87 bits per heavy atom. The van der Waals surface area contributed by atoms with E-state index in [1.165, 1.54) is 25.8 Å². The molecular formula is C22H26N4O4. The molecule has 2 heterocycles. The van der Waals surface area contributed by atoms with Crippen LogP contribution in [0, 0.1) is 0 Å². The predicted octanol–water partition coefficient (Wildman–Crippen LogP) is 1.52. The Kier molecular flexibility index (Phi) is 5.34. The van der Waals surface area contributed by atoms with Crippen molar-refractivity contribution < 1.29 is 4.74 Å². The SMILES string of the molecule is CN(C)CCCOc1cccc(-n2c(=O)n(C3CC3)c(=O)c3ccc(=O)n(C)c32)c1. The lowest BCUT2D eigenvalue weighted by Crippen LogP contribution is -2.41. The van der Waals surface area contributed by atoms with Crippen molar-refractivity contribution in [1.29, 1.82) is 0 Å². The molecule has 0 aliphatic heterocycles. The van der Waals surface area contributed by atoms with Crippen molar-refractivity contribution in [3.63, 3.8) is 0 Å². The van der Waals surface area contributed by atoms with Crippen LogP contribution in [0.3, 0.4) is 0 Å². The van der Waals surface area contributed by atoms with Gasteiger partial charge in [0.1, 0.15) is 11.4 Å². The molecule has 3 aromatic rings. The van der Waals surface area contributed by atoms with Gasteiger partial charge in [0.05, 0.1) is 17.7 Å². The van der Waals surface area contributed by atoms with Gasteiger partial charge in [-0.2, -0.15) is 0 Å². The first-order valence-corrected chi connectivity index (χ1v) is 10.1. The number of pyridine rings is 1. The van der Waals surface area contributed by atoms with E-state index in [0.717, 1.165) is 25.8 Å². The zero-order valence-corrected chi connectivity index (χ0v) is 17.5. The van der Waals surface area contributed by atoms with Gasteiger partial charge in [-0.25, -0.2) is 9.36 Å². The number of ether oxygens (including phenoxy) is 1. The zero-order valence-electron chi connectivity index (χ0n) is 17.5. The smallest absolute Gasteiger partial charge is 0.337 e. The molecule has 1 saturated carbocycles. The molecule has 0 atom stereocenters. The molecule has 0 saturated heterocycles. The fraction of sp³-hybridized carbons (Fsp3) is 0.409. The molecule has 1 aliphatic rings. The molecule has 8 heteroatoms. The van der Waals surface area contributed by atoms with E-state index in [2.05, 4.69) is 4.90 Å². The molecule has 0 spiro atoms. The Bertz CT molecular complexity index is 1260. The van der Waals surface area contributed by atoms with Crippen LogP contribution in [0.5, 0.6) is 5.75 Å². The number of aromatic nitrogens is 3. The number of hydrogen-bond donors (Lipinski definition) is 0. The first-order chi connectivity index (χ1) is 14.4. The lowest BCUT2D eigenvalue weighted by Gasteiger charge is -2.17. The van der Waals surface area contributed by atoms with E-state index in [4.69, 9.17) is 4.74 Å². The second-order valence-corrected chi connectivity index (χ2v) is 7.99. The molecule has 4 rings (SSSR count). The van der Waals surface area contributed by atoms with Crippen LogP contribution < -0.4 is 21.5 Å². The van der Waals surface area contributed by atoms with Crippen molar-refractivity contribution in [1.82, 2.24) is 18.6 Å². The van der Waals surface area contributed by atoms with Crippen LogP contribution in [0.25, 0.3) is 16.7 Å². The quantitative estimate of drug-likeness (QED) is 0.552. The summed E-state index contributed by atoms with van der Waals surface area (Å²) in [5.74, 6) is 0.636. The molecule has 0 amide bonds. The molecule has 8 nitrogen and oxygen atoms in total. The molecule has 0 bridgehead atoms. The Hall–Kier alpha value is -3.13. The van der Waals surface area contributed by atoms with Crippen molar-refractivity contribution in [3.05, 3.63) is 67.6 Å². The summed E-state index contributed by atoms with van der Waals surface area (Å²) < 4.78 is 9.97. The molecular weight excluding hydrogens is 384 g/mol. The molecule has 0 N–H and O–H groups in total. The summed E-state index contributed by atoms with van der Waals surface area (Å²) in [7, 11) is 5.59. The lowest BCUT2D eigenvalue weighted by atomic mass is 10.2. The third-order valence-electron chi connectivity index (χ3n) is 5.35. The molecule has 1 fully saturated rings. The molecule has 0 radical (unpaired) electrons. The Morgan fingerprint density at radius 1 is 1.10 bits per heavy atom. The zero-order chi connectivity index (χ0) is 21.4. The number of benzene rings is 1. The van der Waals surface area contributed by atoms with Gasteiger partial charge in [0, 0.05) is 31.8 Å². The van der Waals surface area contributed by atoms with Gasteiger partial charge in [-0.05, 0) is 51.6 Å². The van der Waals surface area contributed by atoms with Crippen molar-refractivity contribution in [3.8, 4) is 11.4 Å². The normalized spacial score (nSPS) is 13.9. The van der Waals surface area contributed by atoms with Crippen LogP contribution in [0.1, 0.15) is 25.3 Å². The minimum absolute atomic E-state index is 0.0802. The number of rotatable bonds is 7. The average Bonchev–Trinajstić information content (AvgIpc) is 3.54. The second-order valence-electron chi connectivity index (χ2n) is 7.99. The van der Waals surface area contributed by atoms with E-state index in [9.17, 15) is 14.4 Å². The molecule has 30 heavy (non-hydrogen) atoms. The van der Waals surface area contributed by atoms with Crippen molar-refractivity contribution in [2.75, 3.05) is 27.2 Å². The highest BCUT2D eigenvalue weighted by Crippen LogP contribution is 2.32. The fourth-order valence-electron chi connectivity index (χ4n) is 3.65. The maximum Gasteiger partial charge on any atom is 0.337 e. The summed E-state index contributed by atoms with van der Waals surface area (Å²) >= 11 is 0. The van der Waals surface area contributed by atoms with Crippen molar-refractivity contribution in [2.45, 2.75) is 25.3 Å². The minimum Gasteiger partial charge on any atom is -0.493 e. The van der Waals surface area contributed by atoms with E-state index >= 15 is 0 Å². The highest BCUT2D eigenvalue weighted by atomic mass is 16.5. The Labute approximate surface area is 173 Å². The molecule has 0 unspecified atom stereocenters. The average molecular weight is 410 g/mol. The highest BCUT2D eigenvalue weighted by Gasteiger charge is 2.29. The first-order valence-electron chi connectivity index (χ1n) is 10.1. The van der Waals surface area contributed by atoms with Gasteiger partial charge in [-0.15, -0.1) is 0 Å². The highest BCUT2D eigenvalue weighted by molar-refractivity contribution is 5.76. The van der Waals surface area contributed by atoms with E-state index in [1.807, 2.05) is 26.2 Å². The fourth-order valence-corrected chi connectivity index (χ4v) is 3.65. The first kappa shape index (κ1) is 20.2. The van der Waals surface area contributed by atoms with Crippen molar-refractivity contribution >= 4 is 11.0 Å². The van der Waals surface area contributed by atoms with Gasteiger partial charge in [0.2, 0.25) is 0 Å². The maximum absolute atomic E-state index is 13.4. The van der Waals surface area contributed by atoms with Gasteiger partial charge in [-0.3, -0.25) is 18.7 Å². The third-order valence-corrected chi connectivity index (χ3v) is 5.35. The predicted molar refractivity (Wildman–Crippen MR) is 116 cm³/mol. The lowest BCUT2D eigenvalue weighted by molar-refractivity contribution is 0.281. The monoisotopic (exact) mass is 410 g/mol. The van der Waals surface area contributed by atoms with Crippen LogP contribution in [-0.4, -0.2) is 45.8 Å². The van der Waals surface area contributed by atoms with Gasteiger partial charge >= 0.3 is 5.69 Å². The summed E-state index contributed by atoms with van der Waals surface area (Å²) in [6.07, 6.45) is 2.49. The second kappa shape index (κ2) is 7.95. The molecule has 158 valence electrons. The minimum atomic E-state index is -0.430. The molecule has 1 aliphatic carbocycles. The summed E-state index contributed by atoms with van der Waals surface area (Å²) in [6, 6.07) is 9.99. The molecule has 1 aromatic carbocycles. The maximum atomic E-state index is 13.4. The Morgan fingerprint density at radius 3 is 2.57 bits per heavy atom. The number of nitrogens with zero attached hydrogens (tertiary/aromatic N) is 4. The van der Waals surface area contributed by atoms with Crippen LogP contribution in [0.15, 0.2) is 50.8 Å². The van der Waals surface area contributed by atoms with Gasteiger partial charge in [0.25, 0.3) is 11.1 Å². The van der Waals surface area contributed by atoms with Gasteiger partial charge < -0.3 is 9.64 Å². The summed E-state index contributed by atoms with van der Waals surface area (Å²) in [5, 5.41) is 0.348. The van der Waals surface area contributed by atoms with Crippen molar-refractivity contribution in [2.24, 2.45) is 7.05 Å². The van der Waals surface area contributed by atoms with Crippen LogP contribution >= 0.6 is 0 Å². The van der Waals surface area contributed by atoms with E-state index in [0.29, 0.717) is 29.1 Å². The van der Waals surface area contributed by atoms with E-state index in [1.54, 1.807) is 19.2 Å². The van der Waals surface area contributed by atoms with E-state index in [-0.39, 0.29) is 17.2 Å². The third kappa shape index (κ3) is 3.70. The molecule has 2 aromatic heterocycles. The number of hydrogen-bond acceptors (Lipinski definition) is 5. The van der Waals surface area contributed by atoms with Gasteiger partial charge in [-0.1, -0.05) is 6.07 Å². The summed E-state index contributed by atoms with van der Waals surface area (Å²) in [6.45, 7) is 1.47. The topological polar surface area (TPSA) is 78.5 Å². The van der Waals surface area contributed by atoms with Crippen LogP contribution in [0.2, 0.25) is 0 Å².